The first-order valence-electron chi connectivity index (χ1n) is 2.51. The van der Waals surface area contributed by atoms with Gasteiger partial charge in [0.25, 0.3) is 0 Å². The number of rotatable bonds is 0. The van der Waals surface area contributed by atoms with Crippen LogP contribution in [0.5, 0.6) is 0 Å². The zero-order chi connectivity index (χ0) is 7.98. The quantitative estimate of drug-likeness (QED) is 0.461. The van der Waals surface area contributed by atoms with Crippen molar-refractivity contribution < 1.29 is 15.1 Å². The van der Waals surface area contributed by atoms with Crippen molar-refractivity contribution in [2.24, 2.45) is 0 Å². The van der Waals surface area contributed by atoms with E-state index < -0.39 is 0 Å². The van der Waals surface area contributed by atoms with Crippen LogP contribution in [0.1, 0.15) is 5.56 Å². The third kappa shape index (κ3) is 4.08. The second-order valence-electron chi connectivity index (χ2n) is 1.63. The van der Waals surface area contributed by atoms with Crippen molar-refractivity contribution in [3.63, 3.8) is 0 Å². The molecule has 0 saturated carbocycles. The topological polar surface area (TPSA) is 0 Å². The van der Waals surface area contributed by atoms with Crippen LogP contribution in [0.25, 0.3) is 0 Å². The first-order valence-corrected chi connectivity index (χ1v) is 4.51. The second kappa shape index (κ2) is 5.94. The van der Waals surface area contributed by atoms with Gasteiger partial charge in [-0.25, -0.2) is 0 Å². The van der Waals surface area contributed by atoms with Gasteiger partial charge in [0, 0.05) is 0 Å². The summed E-state index contributed by atoms with van der Waals surface area (Å²) in [5.74, 6) is 0. The van der Waals surface area contributed by atoms with Gasteiger partial charge >= 0.3 is 25.2 Å². The van der Waals surface area contributed by atoms with E-state index in [9.17, 15) is 0 Å². The third-order valence-electron chi connectivity index (χ3n) is 0.889. The van der Waals surface area contributed by atoms with Crippen LogP contribution in [0.2, 0.25) is 5.02 Å². The SMILES string of the molecule is [CH2-]c1cccc(Cl)c1.[Cl][Mn+]. The fourth-order valence-electron chi connectivity index (χ4n) is 0.537. The summed E-state index contributed by atoms with van der Waals surface area (Å²) in [6.07, 6.45) is 0. The van der Waals surface area contributed by atoms with Gasteiger partial charge in [0.1, 0.15) is 0 Å². The van der Waals surface area contributed by atoms with Gasteiger partial charge in [-0.1, -0.05) is 17.7 Å². The Morgan fingerprint density at radius 1 is 1.30 bits per heavy atom. The Balaban J connectivity index is 0.000000371. The Bertz CT molecular complexity index is 171. The van der Waals surface area contributed by atoms with Crippen molar-refractivity contribution in [1.82, 2.24) is 0 Å². The molecule has 0 aliphatic rings. The molecule has 0 amide bonds. The molecule has 0 unspecified atom stereocenters. The standard InChI is InChI=1S/C7H6Cl.ClH.Mn/c1-6-3-2-4-7(8)5-6;;/h2-5H,1H2;1H;/q-1;;+2/p-1. The van der Waals surface area contributed by atoms with E-state index in [4.69, 9.17) is 11.6 Å². The molecule has 0 aromatic heterocycles. The summed E-state index contributed by atoms with van der Waals surface area (Å²) in [5.41, 5.74) is 0.956. The van der Waals surface area contributed by atoms with Crippen molar-refractivity contribution in [1.29, 1.82) is 0 Å². The zero-order valence-electron chi connectivity index (χ0n) is 5.15. The van der Waals surface area contributed by atoms with E-state index in [-0.39, 0.29) is 0 Å². The fraction of sp³-hybridized carbons (Fsp3) is 0. The van der Waals surface area contributed by atoms with E-state index in [1.807, 2.05) is 24.3 Å². The number of hydrogen-bond acceptors (Lipinski definition) is 0. The van der Waals surface area contributed by atoms with Crippen LogP contribution < -0.4 is 0 Å². The van der Waals surface area contributed by atoms with E-state index in [1.165, 1.54) is 0 Å². The summed E-state index contributed by atoms with van der Waals surface area (Å²) < 4.78 is 0. The van der Waals surface area contributed by atoms with E-state index in [1.54, 1.807) is 0 Å². The van der Waals surface area contributed by atoms with Crippen LogP contribution in [0.15, 0.2) is 24.3 Å². The van der Waals surface area contributed by atoms with Gasteiger partial charge in [0.2, 0.25) is 0 Å². The molecule has 0 spiro atoms. The van der Waals surface area contributed by atoms with Crippen LogP contribution in [-0.2, 0) is 15.1 Å². The zero-order valence-corrected chi connectivity index (χ0v) is 7.84. The average Bonchev–Trinajstić information content (AvgIpc) is 1.91. The van der Waals surface area contributed by atoms with Crippen LogP contribution in [-0.4, -0.2) is 0 Å². The molecule has 0 radical (unpaired) electrons. The minimum atomic E-state index is 0.748. The molecule has 0 N–H and O–H groups in total. The molecule has 1 aromatic carbocycles. The maximum absolute atomic E-state index is 5.60. The van der Waals surface area contributed by atoms with Crippen molar-refractivity contribution >= 4 is 21.7 Å². The van der Waals surface area contributed by atoms with Gasteiger partial charge in [0.05, 0.1) is 0 Å². The molecule has 0 saturated heterocycles. The summed E-state index contributed by atoms with van der Waals surface area (Å²) in [7, 11) is 4.45. The van der Waals surface area contributed by atoms with Gasteiger partial charge in [-0.2, -0.15) is 18.6 Å². The first-order chi connectivity index (χ1) is 4.79. The summed E-state index contributed by atoms with van der Waals surface area (Å²) in [6, 6.07) is 7.44. The predicted octanol–water partition coefficient (Wildman–Crippen LogP) is 3.21. The average molecular weight is 216 g/mol. The Morgan fingerprint density at radius 2 is 1.90 bits per heavy atom. The van der Waals surface area contributed by atoms with Gasteiger partial charge in [0.15, 0.2) is 0 Å². The van der Waals surface area contributed by atoms with Crippen molar-refractivity contribution in [3.05, 3.63) is 41.8 Å². The number of hydrogen-bond donors (Lipinski definition) is 0. The summed E-state index contributed by atoms with van der Waals surface area (Å²) in [5, 5.41) is 0.748. The predicted molar refractivity (Wildman–Crippen MR) is 41.8 cm³/mol. The molecule has 10 heavy (non-hydrogen) atoms. The normalized spacial score (nSPS) is 7.80. The second-order valence-corrected chi connectivity index (χ2v) is 2.07. The molecule has 55 valence electrons. The molecule has 3 heteroatoms. The summed E-state index contributed by atoms with van der Waals surface area (Å²) >= 11 is 8.01. The van der Waals surface area contributed by atoms with Crippen LogP contribution in [0.4, 0.5) is 0 Å². The van der Waals surface area contributed by atoms with E-state index in [2.05, 4.69) is 32.1 Å². The van der Waals surface area contributed by atoms with Gasteiger partial charge in [-0.15, -0.1) is 12.1 Å². The van der Waals surface area contributed by atoms with Crippen molar-refractivity contribution in [2.75, 3.05) is 0 Å². The minimum absolute atomic E-state index is 0.748. The molecule has 0 aliphatic carbocycles. The Hall–Kier alpha value is 0.189. The molecule has 1 rings (SSSR count). The third-order valence-corrected chi connectivity index (χ3v) is 1.12. The van der Waals surface area contributed by atoms with Crippen molar-refractivity contribution in [3.8, 4) is 0 Å². The molecule has 0 fully saturated rings. The summed E-state index contributed by atoms with van der Waals surface area (Å²) in [4.78, 5) is 0. The molecular weight excluding hydrogens is 210 g/mol. The summed E-state index contributed by atoms with van der Waals surface area (Å²) in [6.45, 7) is 3.70. The molecule has 0 aliphatic heterocycles. The van der Waals surface area contributed by atoms with E-state index in [0.717, 1.165) is 10.6 Å². The van der Waals surface area contributed by atoms with E-state index >= 15 is 0 Å². The molecule has 1 aromatic rings. The molecular formula is C7H6Cl2Mn. The monoisotopic (exact) mass is 215 g/mol. The Kier molecular flexibility index (Phi) is 6.05. The Morgan fingerprint density at radius 3 is 2.20 bits per heavy atom. The van der Waals surface area contributed by atoms with Gasteiger partial charge in [-0.3, -0.25) is 0 Å². The van der Waals surface area contributed by atoms with Gasteiger partial charge in [-0.05, 0) is 5.02 Å². The molecule has 0 atom stereocenters. The first kappa shape index (κ1) is 10.2. The molecule has 0 nitrogen and oxygen atoms in total. The van der Waals surface area contributed by atoms with Crippen LogP contribution in [0.3, 0.4) is 0 Å². The molecule has 0 heterocycles. The van der Waals surface area contributed by atoms with Crippen molar-refractivity contribution in [2.45, 2.75) is 0 Å². The number of benzene rings is 1. The number of halogens is 2. The van der Waals surface area contributed by atoms with Crippen LogP contribution in [0, 0.1) is 6.92 Å². The molecule has 0 bridgehead atoms. The fourth-order valence-corrected chi connectivity index (χ4v) is 0.750. The Labute approximate surface area is 78.6 Å². The van der Waals surface area contributed by atoms with E-state index in [0.29, 0.717) is 0 Å². The van der Waals surface area contributed by atoms with Crippen LogP contribution >= 0.6 is 21.7 Å². The van der Waals surface area contributed by atoms with Gasteiger partial charge < -0.3 is 0 Å². The maximum atomic E-state index is 5.60.